The Kier molecular flexibility index (Phi) is 6.87. The Morgan fingerprint density at radius 3 is 2.31 bits per heavy atom. The summed E-state index contributed by atoms with van der Waals surface area (Å²) in [6, 6.07) is 12.2. The summed E-state index contributed by atoms with van der Waals surface area (Å²) in [4.78, 5) is 12.1. The van der Waals surface area contributed by atoms with Crippen molar-refractivity contribution in [3.63, 3.8) is 0 Å². The van der Waals surface area contributed by atoms with E-state index < -0.39 is 15.8 Å². The second-order valence-electron chi connectivity index (χ2n) is 7.34. The van der Waals surface area contributed by atoms with Gasteiger partial charge in [0.15, 0.2) is 0 Å². The topological polar surface area (TPSA) is 78.5 Å². The number of sulfonamides is 1. The van der Waals surface area contributed by atoms with E-state index >= 15 is 0 Å². The van der Waals surface area contributed by atoms with Crippen LogP contribution in [-0.4, -0.2) is 38.4 Å². The van der Waals surface area contributed by atoms with Gasteiger partial charge in [-0.05, 0) is 68.5 Å². The van der Waals surface area contributed by atoms with Crippen molar-refractivity contribution < 1.29 is 17.6 Å². The molecule has 2 aromatic rings. The maximum atomic E-state index is 13.0. The minimum absolute atomic E-state index is 0.117. The Morgan fingerprint density at radius 2 is 1.69 bits per heavy atom. The lowest BCUT2D eigenvalue weighted by Gasteiger charge is -2.31. The molecular formula is C21H26FN3O3S. The first-order valence-corrected chi connectivity index (χ1v) is 11.2. The van der Waals surface area contributed by atoms with Crippen LogP contribution in [0.15, 0.2) is 53.4 Å². The SMILES string of the molecule is Cc1ccc(NC(=O)NCCC2CCN(S(=O)(=O)c3ccc(F)cc3)CC2)cc1. The van der Waals surface area contributed by atoms with Gasteiger partial charge in [-0.15, -0.1) is 0 Å². The molecule has 29 heavy (non-hydrogen) atoms. The van der Waals surface area contributed by atoms with Crippen molar-refractivity contribution in [3.8, 4) is 0 Å². The summed E-state index contributed by atoms with van der Waals surface area (Å²) in [7, 11) is -3.59. The molecule has 2 aromatic carbocycles. The second kappa shape index (κ2) is 9.37. The van der Waals surface area contributed by atoms with Gasteiger partial charge in [-0.2, -0.15) is 4.31 Å². The molecule has 1 aliphatic rings. The van der Waals surface area contributed by atoms with Gasteiger partial charge in [0, 0.05) is 25.3 Å². The number of halogens is 1. The highest BCUT2D eigenvalue weighted by molar-refractivity contribution is 7.89. The summed E-state index contributed by atoms with van der Waals surface area (Å²) in [5.41, 5.74) is 1.87. The largest absolute Gasteiger partial charge is 0.338 e. The monoisotopic (exact) mass is 419 g/mol. The Morgan fingerprint density at radius 1 is 1.07 bits per heavy atom. The fourth-order valence-electron chi connectivity index (χ4n) is 3.40. The van der Waals surface area contributed by atoms with Crippen molar-refractivity contribution in [2.24, 2.45) is 5.92 Å². The van der Waals surface area contributed by atoms with Gasteiger partial charge < -0.3 is 10.6 Å². The smallest absolute Gasteiger partial charge is 0.319 e. The van der Waals surface area contributed by atoms with Crippen LogP contribution in [0.4, 0.5) is 14.9 Å². The minimum atomic E-state index is -3.59. The van der Waals surface area contributed by atoms with Gasteiger partial charge in [0.2, 0.25) is 10.0 Å². The maximum absolute atomic E-state index is 13.0. The summed E-state index contributed by atoms with van der Waals surface area (Å²) < 4.78 is 39.8. The molecule has 8 heteroatoms. The lowest BCUT2D eigenvalue weighted by molar-refractivity contribution is 0.245. The predicted octanol–water partition coefficient (Wildman–Crippen LogP) is 3.75. The number of hydrogen-bond acceptors (Lipinski definition) is 3. The van der Waals surface area contributed by atoms with Crippen molar-refractivity contribution in [1.82, 2.24) is 9.62 Å². The Balaban J connectivity index is 1.41. The van der Waals surface area contributed by atoms with Crippen molar-refractivity contribution in [2.45, 2.75) is 31.1 Å². The molecule has 1 aliphatic heterocycles. The van der Waals surface area contributed by atoms with Gasteiger partial charge in [-0.25, -0.2) is 17.6 Å². The van der Waals surface area contributed by atoms with Crippen molar-refractivity contribution >= 4 is 21.7 Å². The van der Waals surface area contributed by atoms with Crippen LogP contribution in [-0.2, 0) is 10.0 Å². The third-order valence-corrected chi connectivity index (χ3v) is 7.09. The number of piperidine rings is 1. The van der Waals surface area contributed by atoms with E-state index in [1.165, 1.54) is 16.4 Å². The van der Waals surface area contributed by atoms with Crippen LogP contribution in [0, 0.1) is 18.7 Å². The highest BCUT2D eigenvalue weighted by atomic mass is 32.2. The number of nitrogens with zero attached hydrogens (tertiary/aromatic N) is 1. The number of rotatable bonds is 6. The van der Waals surface area contributed by atoms with E-state index in [4.69, 9.17) is 0 Å². The molecule has 0 radical (unpaired) electrons. The lowest BCUT2D eigenvalue weighted by Crippen LogP contribution is -2.39. The quantitative estimate of drug-likeness (QED) is 0.749. The number of amides is 2. The number of hydrogen-bond donors (Lipinski definition) is 2. The summed E-state index contributed by atoms with van der Waals surface area (Å²) in [5.74, 6) is -0.101. The molecule has 1 saturated heterocycles. The fourth-order valence-corrected chi connectivity index (χ4v) is 4.87. The van der Waals surface area contributed by atoms with Crippen molar-refractivity contribution in [3.05, 3.63) is 59.9 Å². The highest BCUT2D eigenvalue weighted by Gasteiger charge is 2.29. The lowest BCUT2D eigenvalue weighted by atomic mass is 9.95. The summed E-state index contributed by atoms with van der Waals surface area (Å²) >= 11 is 0. The summed E-state index contributed by atoms with van der Waals surface area (Å²) in [6.45, 7) is 3.38. The molecule has 0 bridgehead atoms. The van der Waals surface area contributed by atoms with Crippen LogP contribution in [0.5, 0.6) is 0 Å². The molecule has 0 spiro atoms. The molecule has 156 valence electrons. The minimum Gasteiger partial charge on any atom is -0.338 e. The Hall–Kier alpha value is -2.45. The van der Waals surface area contributed by atoms with Crippen molar-refractivity contribution in [1.29, 1.82) is 0 Å². The number of aryl methyl sites for hydroxylation is 1. The first kappa shape index (κ1) is 21.3. The van der Waals surface area contributed by atoms with Crippen LogP contribution in [0.1, 0.15) is 24.8 Å². The summed E-state index contributed by atoms with van der Waals surface area (Å²) in [6.07, 6.45) is 2.27. The molecule has 2 amide bonds. The molecule has 0 aromatic heterocycles. The van der Waals surface area contributed by atoms with E-state index in [2.05, 4.69) is 10.6 Å². The molecule has 1 fully saturated rings. The molecular weight excluding hydrogens is 393 g/mol. The average molecular weight is 420 g/mol. The van der Waals surface area contributed by atoms with E-state index in [0.717, 1.165) is 42.6 Å². The third kappa shape index (κ3) is 5.77. The highest BCUT2D eigenvalue weighted by Crippen LogP contribution is 2.25. The van der Waals surface area contributed by atoms with Crippen LogP contribution in [0.2, 0.25) is 0 Å². The van der Waals surface area contributed by atoms with E-state index in [1.807, 2.05) is 31.2 Å². The van der Waals surface area contributed by atoms with Gasteiger partial charge in [0.25, 0.3) is 0 Å². The standard InChI is InChI=1S/C21H26FN3O3S/c1-16-2-6-19(7-3-16)24-21(26)23-13-10-17-11-14-25(15-12-17)29(27,28)20-8-4-18(22)5-9-20/h2-9,17H,10-15H2,1H3,(H2,23,24,26). The molecule has 0 aliphatic carbocycles. The van der Waals surface area contributed by atoms with Gasteiger partial charge in [-0.3, -0.25) is 0 Å². The van der Waals surface area contributed by atoms with Crippen LogP contribution >= 0.6 is 0 Å². The van der Waals surface area contributed by atoms with Crippen LogP contribution < -0.4 is 10.6 Å². The molecule has 2 N–H and O–H groups in total. The van der Waals surface area contributed by atoms with Gasteiger partial charge in [0.05, 0.1) is 4.90 Å². The molecule has 0 saturated carbocycles. The maximum Gasteiger partial charge on any atom is 0.319 e. The fraction of sp³-hybridized carbons (Fsp3) is 0.381. The zero-order chi connectivity index (χ0) is 20.9. The first-order chi connectivity index (χ1) is 13.8. The number of urea groups is 1. The average Bonchev–Trinajstić information content (AvgIpc) is 2.70. The molecule has 0 unspecified atom stereocenters. The van der Waals surface area contributed by atoms with E-state index in [1.54, 1.807) is 0 Å². The van der Waals surface area contributed by atoms with E-state index in [9.17, 15) is 17.6 Å². The molecule has 0 atom stereocenters. The number of anilines is 1. The zero-order valence-corrected chi connectivity index (χ0v) is 17.2. The summed E-state index contributed by atoms with van der Waals surface area (Å²) in [5, 5.41) is 5.64. The van der Waals surface area contributed by atoms with Gasteiger partial charge >= 0.3 is 6.03 Å². The Bertz CT molecular complexity index is 923. The normalized spacial score (nSPS) is 15.8. The molecule has 6 nitrogen and oxygen atoms in total. The Labute approximate surface area is 171 Å². The number of carbonyl (C=O) groups excluding carboxylic acids is 1. The van der Waals surface area contributed by atoms with Crippen LogP contribution in [0.3, 0.4) is 0 Å². The molecule has 1 heterocycles. The number of nitrogens with one attached hydrogen (secondary N) is 2. The zero-order valence-electron chi connectivity index (χ0n) is 16.4. The number of benzene rings is 2. The van der Waals surface area contributed by atoms with E-state index in [-0.39, 0.29) is 10.9 Å². The van der Waals surface area contributed by atoms with Crippen LogP contribution in [0.25, 0.3) is 0 Å². The molecule has 3 rings (SSSR count). The van der Waals surface area contributed by atoms with Crippen molar-refractivity contribution in [2.75, 3.05) is 25.0 Å². The van der Waals surface area contributed by atoms with Gasteiger partial charge in [0.1, 0.15) is 5.82 Å². The van der Waals surface area contributed by atoms with Gasteiger partial charge in [-0.1, -0.05) is 17.7 Å². The first-order valence-electron chi connectivity index (χ1n) is 9.72. The predicted molar refractivity (Wildman–Crippen MR) is 111 cm³/mol. The second-order valence-corrected chi connectivity index (χ2v) is 9.27. The number of carbonyl (C=O) groups is 1. The van der Waals surface area contributed by atoms with E-state index in [0.29, 0.717) is 25.6 Å². The third-order valence-electron chi connectivity index (χ3n) is 5.17.